The average Bonchev–Trinajstić information content (AvgIpc) is 2.32. The Morgan fingerprint density at radius 1 is 1.00 bits per heavy atom. The molecule has 0 aliphatic carbocycles. The summed E-state index contributed by atoms with van der Waals surface area (Å²) in [5.74, 6) is 0.264. The third-order valence-corrected chi connectivity index (χ3v) is 3.30. The van der Waals surface area contributed by atoms with Gasteiger partial charge in [0.15, 0.2) is 12.2 Å². The van der Waals surface area contributed by atoms with Crippen molar-refractivity contribution in [3.63, 3.8) is 0 Å². The zero-order valence-electron chi connectivity index (χ0n) is 11.3. The van der Waals surface area contributed by atoms with Crippen LogP contribution in [0, 0.1) is 0 Å². The predicted octanol–water partition coefficient (Wildman–Crippen LogP) is 3.24. The Hall–Kier alpha value is -1.77. The van der Waals surface area contributed by atoms with E-state index in [9.17, 15) is 10.2 Å². The van der Waals surface area contributed by atoms with Crippen molar-refractivity contribution in [3.8, 4) is 11.6 Å². The standard InChI is InChI=1S/C15H19NO2/c1-9(2)11-6-5-7-12-13(11)8-16(10(3)4)15(18)14(12)17/h5-10,17H,1-4H3/p+1. The molecular weight excluding hydrogens is 226 g/mol. The SMILES string of the molecule is CC(C)c1cccc2c(O)c(O)[n+](C(C)C)cc12. The molecule has 1 heterocycles. The minimum Gasteiger partial charge on any atom is -0.499 e. The van der Waals surface area contributed by atoms with E-state index in [0.29, 0.717) is 11.3 Å². The molecule has 3 heteroatoms. The van der Waals surface area contributed by atoms with Gasteiger partial charge in [0.1, 0.15) is 0 Å². The quantitative estimate of drug-likeness (QED) is 0.799. The number of rotatable bonds is 2. The first-order chi connectivity index (χ1) is 8.43. The lowest BCUT2D eigenvalue weighted by Gasteiger charge is -2.12. The topological polar surface area (TPSA) is 44.3 Å². The van der Waals surface area contributed by atoms with Gasteiger partial charge in [0.05, 0.1) is 5.39 Å². The van der Waals surface area contributed by atoms with Crippen LogP contribution in [0.5, 0.6) is 11.6 Å². The van der Waals surface area contributed by atoms with Crippen LogP contribution >= 0.6 is 0 Å². The molecule has 2 rings (SSSR count). The van der Waals surface area contributed by atoms with Crippen molar-refractivity contribution in [1.29, 1.82) is 0 Å². The summed E-state index contributed by atoms with van der Waals surface area (Å²) in [5.41, 5.74) is 1.18. The molecule has 1 aromatic carbocycles. The Labute approximate surface area is 107 Å². The van der Waals surface area contributed by atoms with Crippen molar-refractivity contribution in [2.75, 3.05) is 0 Å². The fraction of sp³-hybridized carbons (Fsp3) is 0.400. The second-order valence-electron chi connectivity index (χ2n) is 5.27. The lowest BCUT2D eigenvalue weighted by molar-refractivity contribution is -0.720. The van der Waals surface area contributed by atoms with E-state index in [-0.39, 0.29) is 17.7 Å². The van der Waals surface area contributed by atoms with Gasteiger partial charge in [0.25, 0.3) is 0 Å². The Morgan fingerprint density at radius 3 is 2.22 bits per heavy atom. The summed E-state index contributed by atoms with van der Waals surface area (Å²) in [6, 6.07) is 5.91. The molecule has 0 unspecified atom stereocenters. The number of hydrogen-bond acceptors (Lipinski definition) is 2. The smallest absolute Gasteiger partial charge is 0.409 e. The van der Waals surface area contributed by atoms with Gasteiger partial charge < -0.3 is 10.2 Å². The van der Waals surface area contributed by atoms with Crippen molar-refractivity contribution in [3.05, 3.63) is 30.0 Å². The summed E-state index contributed by atoms with van der Waals surface area (Å²) >= 11 is 0. The van der Waals surface area contributed by atoms with Crippen LogP contribution in [0.1, 0.15) is 45.2 Å². The van der Waals surface area contributed by atoms with E-state index in [1.54, 1.807) is 4.57 Å². The fourth-order valence-electron chi connectivity index (χ4n) is 2.27. The molecule has 0 amide bonds. The van der Waals surface area contributed by atoms with E-state index >= 15 is 0 Å². The highest BCUT2D eigenvalue weighted by Gasteiger charge is 2.23. The third-order valence-electron chi connectivity index (χ3n) is 3.30. The Bertz CT molecular complexity index is 589. The van der Waals surface area contributed by atoms with E-state index in [4.69, 9.17) is 0 Å². The summed E-state index contributed by atoms with van der Waals surface area (Å²) < 4.78 is 1.70. The lowest BCUT2D eigenvalue weighted by Crippen LogP contribution is -2.36. The number of aromatic hydroxyl groups is 2. The first-order valence-electron chi connectivity index (χ1n) is 6.32. The van der Waals surface area contributed by atoms with Crippen molar-refractivity contribution < 1.29 is 14.8 Å². The highest BCUT2D eigenvalue weighted by Crippen LogP contribution is 2.34. The fourth-order valence-corrected chi connectivity index (χ4v) is 2.27. The van der Waals surface area contributed by atoms with Gasteiger partial charge in [-0.25, -0.2) is 0 Å². The first-order valence-corrected chi connectivity index (χ1v) is 6.32. The maximum absolute atomic E-state index is 10.1. The molecule has 0 spiro atoms. The molecule has 2 aromatic rings. The van der Waals surface area contributed by atoms with Gasteiger partial charge in [-0.3, -0.25) is 0 Å². The van der Waals surface area contributed by atoms with Crippen LogP contribution in [-0.2, 0) is 0 Å². The highest BCUT2D eigenvalue weighted by molar-refractivity contribution is 5.90. The minimum absolute atomic E-state index is 0.0382. The van der Waals surface area contributed by atoms with Crippen LogP contribution in [0.3, 0.4) is 0 Å². The number of aromatic nitrogens is 1. The molecule has 3 nitrogen and oxygen atoms in total. The number of pyridine rings is 1. The molecule has 0 aliphatic rings. The molecule has 0 fully saturated rings. The second kappa shape index (κ2) is 4.48. The van der Waals surface area contributed by atoms with Crippen LogP contribution in [0.4, 0.5) is 0 Å². The minimum atomic E-state index is -0.0709. The lowest BCUT2D eigenvalue weighted by atomic mass is 9.97. The molecule has 96 valence electrons. The summed E-state index contributed by atoms with van der Waals surface area (Å²) in [6.45, 7) is 8.20. The average molecular weight is 246 g/mol. The number of hydrogen-bond donors (Lipinski definition) is 2. The van der Waals surface area contributed by atoms with E-state index < -0.39 is 0 Å². The summed E-state index contributed by atoms with van der Waals surface area (Å²) in [6.07, 6.45) is 1.92. The summed E-state index contributed by atoms with van der Waals surface area (Å²) in [4.78, 5) is 0. The van der Waals surface area contributed by atoms with Crippen LogP contribution in [0.15, 0.2) is 24.4 Å². The molecule has 1 aromatic heterocycles. The van der Waals surface area contributed by atoms with Gasteiger partial charge in [-0.05, 0) is 25.3 Å². The monoisotopic (exact) mass is 246 g/mol. The van der Waals surface area contributed by atoms with E-state index in [1.165, 1.54) is 5.56 Å². The van der Waals surface area contributed by atoms with Crippen LogP contribution in [0.25, 0.3) is 10.8 Å². The van der Waals surface area contributed by atoms with Crippen molar-refractivity contribution in [2.45, 2.75) is 39.7 Å². The third kappa shape index (κ3) is 1.90. The highest BCUT2D eigenvalue weighted by atomic mass is 16.3. The molecule has 0 radical (unpaired) electrons. The van der Waals surface area contributed by atoms with Crippen molar-refractivity contribution >= 4 is 10.8 Å². The van der Waals surface area contributed by atoms with Crippen molar-refractivity contribution in [2.24, 2.45) is 0 Å². The maximum atomic E-state index is 10.1. The number of fused-ring (bicyclic) bond motifs is 1. The maximum Gasteiger partial charge on any atom is 0.409 e. The largest absolute Gasteiger partial charge is 0.499 e. The first kappa shape index (κ1) is 12.7. The van der Waals surface area contributed by atoms with E-state index in [2.05, 4.69) is 19.9 Å². The van der Waals surface area contributed by atoms with Crippen molar-refractivity contribution in [1.82, 2.24) is 0 Å². The molecule has 0 saturated heterocycles. The van der Waals surface area contributed by atoms with Gasteiger partial charge >= 0.3 is 5.88 Å². The molecule has 0 bridgehead atoms. The zero-order valence-corrected chi connectivity index (χ0v) is 11.3. The molecule has 0 atom stereocenters. The summed E-state index contributed by atoms with van der Waals surface area (Å²) in [5, 5.41) is 21.8. The molecule has 2 N–H and O–H groups in total. The van der Waals surface area contributed by atoms with Crippen LogP contribution in [-0.4, -0.2) is 10.2 Å². The Morgan fingerprint density at radius 2 is 1.67 bits per heavy atom. The normalized spacial score (nSPS) is 11.7. The molecule has 0 saturated carbocycles. The van der Waals surface area contributed by atoms with E-state index in [0.717, 1.165) is 5.39 Å². The van der Waals surface area contributed by atoms with Gasteiger partial charge in [-0.2, -0.15) is 4.57 Å². The molecule has 18 heavy (non-hydrogen) atoms. The van der Waals surface area contributed by atoms with Gasteiger partial charge in [0.2, 0.25) is 5.75 Å². The second-order valence-corrected chi connectivity index (χ2v) is 5.27. The van der Waals surface area contributed by atoms with Gasteiger partial charge in [-0.15, -0.1) is 0 Å². The van der Waals surface area contributed by atoms with Crippen LogP contribution in [0.2, 0.25) is 0 Å². The zero-order chi connectivity index (χ0) is 13.4. The van der Waals surface area contributed by atoms with Gasteiger partial charge in [0, 0.05) is 5.39 Å². The molecular formula is C15H20NO2+. The number of nitrogens with zero attached hydrogens (tertiary/aromatic N) is 1. The predicted molar refractivity (Wildman–Crippen MR) is 71.9 cm³/mol. The van der Waals surface area contributed by atoms with E-state index in [1.807, 2.05) is 32.2 Å². The number of benzene rings is 1. The van der Waals surface area contributed by atoms with Gasteiger partial charge in [-0.1, -0.05) is 32.0 Å². The van der Waals surface area contributed by atoms with Crippen LogP contribution < -0.4 is 4.57 Å². The Kier molecular flexibility index (Phi) is 3.16. The molecule has 0 aliphatic heterocycles. The Balaban J connectivity index is 2.87. The summed E-state index contributed by atoms with van der Waals surface area (Å²) in [7, 11) is 0.